The van der Waals surface area contributed by atoms with Crippen LogP contribution in [0.15, 0.2) is 54.7 Å². The Morgan fingerprint density at radius 3 is 2.79 bits per heavy atom. The van der Waals surface area contributed by atoms with E-state index in [1.807, 2.05) is 23.6 Å². The second-order valence-electron chi connectivity index (χ2n) is 6.57. The molecule has 0 aliphatic heterocycles. The Balaban J connectivity index is 1.73. The molecule has 3 N–H and O–H groups in total. The van der Waals surface area contributed by atoms with Crippen LogP contribution in [-0.2, 0) is 6.54 Å². The van der Waals surface area contributed by atoms with Crippen LogP contribution in [-0.4, -0.2) is 20.4 Å². The number of carbonyl (C=O) groups excluding carboxylic acids is 1. The number of nitrogens with zero attached hydrogens (tertiary/aromatic N) is 3. The average Bonchev–Trinajstić information content (AvgIpc) is 3.03. The number of aromatic nitrogens is 3. The van der Waals surface area contributed by atoms with Crippen molar-refractivity contribution in [3.63, 3.8) is 0 Å². The molecule has 4 rings (SSSR count). The minimum Gasteiger partial charge on any atom is -0.366 e. The van der Waals surface area contributed by atoms with Crippen LogP contribution in [0.3, 0.4) is 0 Å². The fourth-order valence-corrected chi connectivity index (χ4v) is 3.42. The molecule has 0 aliphatic rings. The third-order valence-corrected chi connectivity index (χ3v) is 4.85. The van der Waals surface area contributed by atoms with Gasteiger partial charge in [0.15, 0.2) is 5.82 Å². The van der Waals surface area contributed by atoms with Crippen molar-refractivity contribution in [3.05, 3.63) is 82.4 Å². The fourth-order valence-electron chi connectivity index (χ4n) is 3.27. The number of aryl methyl sites for hydroxylation is 1. The molecule has 0 spiro atoms. The molecule has 1 amide bonds. The SMILES string of the molecule is Cc1cc2c(C(N)=O)cccc2n1-c1ncc(Cl)c(NCc2cccc(F)c2)n1. The molecule has 6 nitrogen and oxygen atoms in total. The summed E-state index contributed by atoms with van der Waals surface area (Å²) < 4.78 is 15.2. The van der Waals surface area contributed by atoms with E-state index in [1.165, 1.54) is 18.3 Å². The molecule has 0 aliphatic carbocycles. The third-order valence-electron chi connectivity index (χ3n) is 4.58. The van der Waals surface area contributed by atoms with E-state index in [0.29, 0.717) is 28.9 Å². The van der Waals surface area contributed by atoms with Gasteiger partial charge in [-0.25, -0.2) is 9.37 Å². The maximum atomic E-state index is 13.4. The molecule has 0 bridgehead atoms. The monoisotopic (exact) mass is 409 g/mol. The third kappa shape index (κ3) is 3.64. The van der Waals surface area contributed by atoms with Crippen LogP contribution in [0.2, 0.25) is 5.02 Å². The van der Waals surface area contributed by atoms with Gasteiger partial charge in [0.1, 0.15) is 10.8 Å². The molecule has 146 valence electrons. The van der Waals surface area contributed by atoms with Gasteiger partial charge in [0, 0.05) is 23.2 Å². The van der Waals surface area contributed by atoms with Crippen LogP contribution in [0.5, 0.6) is 0 Å². The van der Waals surface area contributed by atoms with Crippen molar-refractivity contribution in [3.8, 4) is 5.95 Å². The van der Waals surface area contributed by atoms with E-state index < -0.39 is 5.91 Å². The van der Waals surface area contributed by atoms with Crippen molar-refractivity contribution in [2.75, 3.05) is 5.32 Å². The van der Waals surface area contributed by atoms with Crippen LogP contribution in [0.4, 0.5) is 10.2 Å². The number of primary amides is 1. The summed E-state index contributed by atoms with van der Waals surface area (Å²) in [4.78, 5) is 20.6. The quantitative estimate of drug-likeness (QED) is 0.516. The summed E-state index contributed by atoms with van der Waals surface area (Å²) in [7, 11) is 0. The number of hydrogen-bond donors (Lipinski definition) is 2. The van der Waals surface area contributed by atoms with E-state index in [-0.39, 0.29) is 5.82 Å². The van der Waals surface area contributed by atoms with Gasteiger partial charge >= 0.3 is 0 Å². The molecule has 2 aromatic heterocycles. The molecule has 0 fully saturated rings. The first-order chi connectivity index (χ1) is 13.9. The smallest absolute Gasteiger partial charge is 0.249 e. The van der Waals surface area contributed by atoms with Gasteiger partial charge in [-0.2, -0.15) is 4.98 Å². The summed E-state index contributed by atoms with van der Waals surface area (Å²) in [5.74, 6) is 0.0131. The van der Waals surface area contributed by atoms with Crippen molar-refractivity contribution < 1.29 is 9.18 Å². The lowest BCUT2D eigenvalue weighted by Gasteiger charge is -2.11. The van der Waals surface area contributed by atoms with Crippen molar-refractivity contribution in [1.29, 1.82) is 0 Å². The zero-order valence-electron chi connectivity index (χ0n) is 15.5. The number of amides is 1. The van der Waals surface area contributed by atoms with Gasteiger partial charge in [-0.15, -0.1) is 0 Å². The molecular formula is C21H17ClFN5O. The molecule has 0 saturated carbocycles. The minimum atomic E-state index is -0.498. The van der Waals surface area contributed by atoms with Gasteiger partial charge in [0.25, 0.3) is 0 Å². The number of carbonyl (C=O) groups is 1. The van der Waals surface area contributed by atoms with Crippen molar-refractivity contribution in [1.82, 2.24) is 14.5 Å². The first kappa shape index (κ1) is 18.9. The maximum absolute atomic E-state index is 13.4. The molecule has 0 atom stereocenters. The van der Waals surface area contributed by atoms with Crippen LogP contribution < -0.4 is 11.1 Å². The Labute approximate surface area is 171 Å². The molecule has 4 aromatic rings. The lowest BCUT2D eigenvalue weighted by Crippen LogP contribution is -2.11. The maximum Gasteiger partial charge on any atom is 0.249 e. The molecule has 0 unspecified atom stereocenters. The fraction of sp³-hybridized carbons (Fsp3) is 0.0952. The predicted octanol–water partition coefficient (Wildman–Crippen LogP) is 4.23. The number of rotatable bonds is 5. The van der Waals surface area contributed by atoms with E-state index in [2.05, 4.69) is 15.3 Å². The van der Waals surface area contributed by atoms with E-state index in [0.717, 1.165) is 22.2 Å². The standard InChI is InChI=1S/C21H17ClFN5O/c1-12-8-16-15(19(24)29)6-3-7-18(16)28(12)21-26-11-17(22)20(27-21)25-10-13-4-2-5-14(23)9-13/h2-9,11H,10H2,1H3,(H2,24,29)(H,25,26,27). The van der Waals surface area contributed by atoms with Gasteiger partial charge in [0.05, 0.1) is 11.7 Å². The number of nitrogens with one attached hydrogen (secondary N) is 1. The average molecular weight is 410 g/mol. The minimum absolute atomic E-state index is 0.307. The number of anilines is 1. The highest BCUT2D eigenvalue weighted by molar-refractivity contribution is 6.32. The summed E-state index contributed by atoms with van der Waals surface area (Å²) in [5, 5.41) is 4.19. The molecule has 29 heavy (non-hydrogen) atoms. The van der Waals surface area contributed by atoms with Gasteiger partial charge in [-0.1, -0.05) is 29.8 Å². The van der Waals surface area contributed by atoms with Gasteiger partial charge < -0.3 is 11.1 Å². The highest BCUT2D eigenvalue weighted by Crippen LogP contribution is 2.27. The molecular weight excluding hydrogens is 393 g/mol. The van der Waals surface area contributed by atoms with Crippen molar-refractivity contribution in [2.45, 2.75) is 13.5 Å². The van der Waals surface area contributed by atoms with E-state index >= 15 is 0 Å². The number of benzene rings is 2. The van der Waals surface area contributed by atoms with Crippen molar-refractivity contribution >= 4 is 34.2 Å². The summed E-state index contributed by atoms with van der Waals surface area (Å²) in [6, 6.07) is 13.5. The normalized spacial score (nSPS) is 11.0. The summed E-state index contributed by atoms with van der Waals surface area (Å²) in [5.41, 5.74) is 8.29. The Morgan fingerprint density at radius 1 is 1.24 bits per heavy atom. The topological polar surface area (TPSA) is 85.8 Å². The number of hydrogen-bond acceptors (Lipinski definition) is 4. The Hall–Kier alpha value is -3.45. The Kier molecular flexibility index (Phi) is 4.90. The summed E-state index contributed by atoms with van der Waals surface area (Å²) >= 11 is 6.25. The second-order valence-corrected chi connectivity index (χ2v) is 6.98. The first-order valence-corrected chi connectivity index (χ1v) is 9.24. The number of fused-ring (bicyclic) bond motifs is 1. The van der Waals surface area contributed by atoms with E-state index in [1.54, 1.807) is 24.3 Å². The highest BCUT2D eigenvalue weighted by Gasteiger charge is 2.16. The number of nitrogens with two attached hydrogens (primary N) is 1. The predicted molar refractivity (Wildman–Crippen MR) is 111 cm³/mol. The highest BCUT2D eigenvalue weighted by atomic mass is 35.5. The van der Waals surface area contributed by atoms with Crippen LogP contribution in [0.25, 0.3) is 16.9 Å². The second kappa shape index (κ2) is 7.52. The molecule has 2 heterocycles. The Morgan fingerprint density at radius 2 is 2.03 bits per heavy atom. The summed E-state index contributed by atoms with van der Waals surface area (Å²) in [6.07, 6.45) is 1.50. The summed E-state index contributed by atoms with van der Waals surface area (Å²) in [6.45, 7) is 2.24. The van der Waals surface area contributed by atoms with Gasteiger partial charge in [-0.05, 0) is 42.8 Å². The lowest BCUT2D eigenvalue weighted by molar-refractivity contribution is 0.100. The van der Waals surface area contributed by atoms with Gasteiger partial charge in [0.2, 0.25) is 11.9 Å². The number of halogens is 2. The lowest BCUT2D eigenvalue weighted by atomic mass is 10.1. The molecule has 8 heteroatoms. The van der Waals surface area contributed by atoms with Crippen LogP contribution in [0, 0.1) is 12.7 Å². The largest absolute Gasteiger partial charge is 0.366 e. The zero-order valence-corrected chi connectivity index (χ0v) is 16.2. The van der Waals surface area contributed by atoms with Crippen LogP contribution >= 0.6 is 11.6 Å². The molecule has 0 radical (unpaired) electrons. The van der Waals surface area contributed by atoms with E-state index in [9.17, 15) is 9.18 Å². The van der Waals surface area contributed by atoms with E-state index in [4.69, 9.17) is 17.3 Å². The zero-order chi connectivity index (χ0) is 20.5. The first-order valence-electron chi connectivity index (χ1n) is 8.86. The molecule has 2 aromatic carbocycles. The Bertz CT molecular complexity index is 1240. The van der Waals surface area contributed by atoms with Gasteiger partial charge in [-0.3, -0.25) is 9.36 Å². The van der Waals surface area contributed by atoms with Crippen molar-refractivity contribution in [2.24, 2.45) is 5.73 Å². The molecule has 0 saturated heterocycles. The van der Waals surface area contributed by atoms with Crippen LogP contribution in [0.1, 0.15) is 21.6 Å².